The van der Waals surface area contributed by atoms with Crippen LogP contribution in [0, 0.1) is 5.92 Å². The Bertz CT molecular complexity index is 326. The van der Waals surface area contributed by atoms with Crippen LogP contribution in [-0.4, -0.2) is 55.6 Å². The Balaban J connectivity index is 2.31. The van der Waals surface area contributed by atoms with E-state index in [4.69, 9.17) is 10.5 Å². The number of hydrogen-bond donors (Lipinski definition) is 2. The number of nitrogens with zero attached hydrogens (tertiary/aromatic N) is 1. The number of carbonyl (C=O) groups is 2. The van der Waals surface area contributed by atoms with Gasteiger partial charge in [0.1, 0.15) is 6.61 Å². The lowest BCUT2D eigenvalue weighted by atomic mass is 10.0. The predicted octanol–water partition coefficient (Wildman–Crippen LogP) is 0.113. The first-order chi connectivity index (χ1) is 9.43. The standard InChI is InChI=1S/C14H27N3O3/c1-10(2)8-12(15)14(19)16-11-4-6-17(7-5-11)13(18)9-20-3/h10-12H,4-9,15H2,1-3H3,(H,16,19)/t12-/m0/s1. The number of rotatable bonds is 6. The molecule has 6 heteroatoms. The SMILES string of the molecule is COCC(=O)N1CCC(NC(=O)[C@@H](N)CC(C)C)CC1. The Labute approximate surface area is 121 Å². The van der Waals surface area contributed by atoms with Crippen LogP contribution in [0.15, 0.2) is 0 Å². The molecule has 0 radical (unpaired) electrons. The number of carbonyl (C=O) groups excluding carboxylic acids is 2. The van der Waals surface area contributed by atoms with Gasteiger partial charge in [0.15, 0.2) is 0 Å². The van der Waals surface area contributed by atoms with E-state index >= 15 is 0 Å². The third kappa shape index (κ3) is 5.46. The van der Waals surface area contributed by atoms with Crippen LogP contribution in [0.2, 0.25) is 0 Å². The third-order valence-corrected chi connectivity index (χ3v) is 3.52. The molecule has 0 aromatic heterocycles. The fraction of sp³-hybridized carbons (Fsp3) is 0.857. The minimum atomic E-state index is -0.442. The minimum Gasteiger partial charge on any atom is -0.375 e. The number of nitrogens with two attached hydrogens (primary N) is 1. The van der Waals surface area contributed by atoms with Gasteiger partial charge < -0.3 is 20.7 Å². The number of amides is 2. The van der Waals surface area contributed by atoms with Gasteiger partial charge in [0.2, 0.25) is 11.8 Å². The van der Waals surface area contributed by atoms with Gasteiger partial charge in [-0.25, -0.2) is 0 Å². The maximum absolute atomic E-state index is 11.9. The molecular formula is C14H27N3O3. The van der Waals surface area contributed by atoms with E-state index in [9.17, 15) is 9.59 Å². The molecule has 0 aromatic carbocycles. The van der Waals surface area contributed by atoms with Crippen molar-refractivity contribution in [2.75, 3.05) is 26.8 Å². The zero-order valence-electron chi connectivity index (χ0n) is 12.7. The summed E-state index contributed by atoms with van der Waals surface area (Å²) in [6.07, 6.45) is 2.24. The summed E-state index contributed by atoms with van der Waals surface area (Å²) in [6, 6.07) is -0.324. The highest BCUT2D eigenvalue weighted by Crippen LogP contribution is 2.11. The van der Waals surface area contributed by atoms with Crippen molar-refractivity contribution in [2.45, 2.75) is 45.2 Å². The lowest BCUT2D eigenvalue weighted by molar-refractivity contribution is -0.136. The molecule has 116 valence electrons. The number of methoxy groups -OCH3 is 1. The summed E-state index contributed by atoms with van der Waals surface area (Å²) < 4.78 is 4.84. The molecule has 20 heavy (non-hydrogen) atoms. The van der Waals surface area contributed by atoms with E-state index in [-0.39, 0.29) is 24.5 Å². The van der Waals surface area contributed by atoms with Crippen LogP contribution in [-0.2, 0) is 14.3 Å². The van der Waals surface area contributed by atoms with Gasteiger partial charge in [-0.3, -0.25) is 9.59 Å². The Kier molecular flexibility index (Phi) is 6.95. The van der Waals surface area contributed by atoms with E-state index in [1.54, 1.807) is 4.90 Å². The van der Waals surface area contributed by atoms with E-state index in [0.29, 0.717) is 25.4 Å². The molecule has 1 fully saturated rings. The highest BCUT2D eigenvalue weighted by molar-refractivity contribution is 5.82. The fourth-order valence-corrected chi connectivity index (χ4v) is 2.41. The van der Waals surface area contributed by atoms with Crippen molar-refractivity contribution in [1.29, 1.82) is 0 Å². The van der Waals surface area contributed by atoms with Gasteiger partial charge in [0.25, 0.3) is 0 Å². The average molecular weight is 285 g/mol. The Hall–Kier alpha value is -1.14. The van der Waals surface area contributed by atoms with Crippen LogP contribution in [0.5, 0.6) is 0 Å². The van der Waals surface area contributed by atoms with Gasteiger partial charge >= 0.3 is 0 Å². The first kappa shape index (κ1) is 16.9. The molecule has 3 N–H and O–H groups in total. The smallest absolute Gasteiger partial charge is 0.248 e. The van der Waals surface area contributed by atoms with Crippen molar-refractivity contribution in [1.82, 2.24) is 10.2 Å². The second-order valence-corrected chi connectivity index (χ2v) is 5.83. The van der Waals surface area contributed by atoms with Crippen LogP contribution in [0.25, 0.3) is 0 Å². The highest BCUT2D eigenvalue weighted by atomic mass is 16.5. The van der Waals surface area contributed by atoms with Crippen molar-refractivity contribution in [2.24, 2.45) is 11.7 Å². The maximum Gasteiger partial charge on any atom is 0.248 e. The predicted molar refractivity (Wildman–Crippen MR) is 77.1 cm³/mol. The number of nitrogens with one attached hydrogen (secondary N) is 1. The first-order valence-electron chi connectivity index (χ1n) is 7.26. The summed E-state index contributed by atoms with van der Waals surface area (Å²) >= 11 is 0. The van der Waals surface area contributed by atoms with Crippen molar-refractivity contribution in [3.63, 3.8) is 0 Å². The molecular weight excluding hydrogens is 258 g/mol. The zero-order chi connectivity index (χ0) is 15.1. The topological polar surface area (TPSA) is 84.7 Å². The largest absolute Gasteiger partial charge is 0.375 e. The first-order valence-corrected chi connectivity index (χ1v) is 7.26. The van der Waals surface area contributed by atoms with E-state index in [2.05, 4.69) is 5.32 Å². The maximum atomic E-state index is 11.9. The normalized spacial score (nSPS) is 18.1. The van der Waals surface area contributed by atoms with Gasteiger partial charge in [-0.15, -0.1) is 0 Å². The van der Waals surface area contributed by atoms with Crippen molar-refractivity contribution >= 4 is 11.8 Å². The molecule has 1 heterocycles. The molecule has 1 aliphatic rings. The van der Waals surface area contributed by atoms with Crippen LogP contribution in [0.1, 0.15) is 33.1 Å². The zero-order valence-corrected chi connectivity index (χ0v) is 12.7. The number of ether oxygens (including phenoxy) is 1. The fourth-order valence-electron chi connectivity index (χ4n) is 2.41. The van der Waals surface area contributed by atoms with Crippen LogP contribution in [0.3, 0.4) is 0 Å². The molecule has 0 unspecified atom stereocenters. The van der Waals surface area contributed by atoms with Crippen molar-refractivity contribution < 1.29 is 14.3 Å². The lowest BCUT2D eigenvalue weighted by Crippen LogP contribution is -2.51. The molecule has 6 nitrogen and oxygen atoms in total. The second kappa shape index (κ2) is 8.21. The van der Waals surface area contributed by atoms with E-state index < -0.39 is 6.04 Å². The van der Waals surface area contributed by atoms with Crippen LogP contribution >= 0.6 is 0 Å². The molecule has 1 atom stereocenters. The third-order valence-electron chi connectivity index (χ3n) is 3.52. The van der Waals surface area contributed by atoms with Crippen LogP contribution in [0.4, 0.5) is 0 Å². The van der Waals surface area contributed by atoms with Crippen LogP contribution < -0.4 is 11.1 Å². The molecule has 0 saturated carbocycles. The Morgan fingerprint density at radius 1 is 1.35 bits per heavy atom. The van der Waals surface area contributed by atoms with Crippen molar-refractivity contribution in [3.8, 4) is 0 Å². The van der Waals surface area contributed by atoms with E-state index in [1.807, 2.05) is 13.8 Å². The highest BCUT2D eigenvalue weighted by Gasteiger charge is 2.25. The van der Waals surface area contributed by atoms with Gasteiger partial charge in [0.05, 0.1) is 6.04 Å². The van der Waals surface area contributed by atoms with Gasteiger partial charge in [0, 0.05) is 26.2 Å². The minimum absolute atomic E-state index is 0.00813. The summed E-state index contributed by atoms with van der Waals surface area (Å²) in [4.78, 5) is 25.4. The molecule has 1 saturated heterocycles. The quantitative estimate of drug-likeness (QED) is 0.725. The molecule has 1 aliphatic heterocycles. The number of likely N-dealkylation sites (tertiary alicyclic amines) is 1. The van der Waals surface area contributed by atoms with E-state index in [1.165, 1.54) is 7.11 Å². The Morgan fingerprint density at radius 2 is 1.95 bits per heavy atom. The molecule has 0 spiro atoms. The van der Waals surface area contributed by atoms with Crippen molar-refractivity contribution in [3.05, 3.63) is 0 Å². The molecule has 0 bridgehead atoms. The van der Waals surface area contributed by atoms with Gasteiger partial charge in [-0.05, 0) is 25.2 Å². The molecule has 0 aliphatic carbocycles. The van der Waals surface area contributed by atoms with E-state index in [0.717, 1.165) is 12.8 Å². The summed E-state index contributed by atoms with van der Waals surface area (Å²) in [6.45, 7) is 5.54. The summed E-state index contributed by atoms with van der Waals surface area (Å²) in [5.74, 6) is 0.332. The second-order valence-electron chi connectivity index (χ2n) is 5.83. The number of piperidine rings is 1. The number of hydrogen-bond acceptors (Lipinski definition) is 4. The molecule has 2 amide bonds. The average Bonchev–Trinajstić information content (AvgIpc) is 2.39. The molecule has 0 aromatic rings. The lowest BCUT2D eigenvalue weighted by Gasteiger charge is -2.32. The van der Waals surface area contributed by atoms with Gasteiger partial charge in [-0.2, -0.15) is 0 Å². The van der Waals surface area contributed by atoms with Gasteiger partial charge in [-0.1, -0.05) is 13.8 Å². The Morgan fingerprint density at radius 3 is 2.45 bits per heavy atom. The molecule has 1 rings (SSSR count). The monoisotopic (exact) mass is 285 g/mol. The summed E-state index contributed by atoms with van der Waals surface area (Å²) in [5, 5.41) is 2.98. The summed E-state index contributed by atoms with van der Waals surface area (Å²) in [5.41, 5.74) is 5.86. The summed E-state index contributed by atoms with van der Waals surface area (Å²) in [7, 11) is 1.51.